The summed E-state index contributed by atoms with van der Waals surface area (Å²) in [7, 11) is 0. The number of carbonyl (C=O) groups is 2. The molecular formula is C24H32F2N4O2S. The monoisotopic (exact) mass is 478 g/mol. The number of pyridine rings is 1. The van der Waals surface area contributed by atoms with E-state index in [4.69, 9.17) is 5.73 Å². The van der Waals surface area contributed by atoms with Crippen LogP contribution in [0.2, 0.25) is 0 Å². The molecule has 1 atom stereocenters. The van der Waals surface area contributed by atoms with Crippen LogP contribution in [0.5, 0.6) is 0 Å². The van der Waals surface area contributed by atoms with E-state index < -0.39 is 18.2 Å². The number of nitrogens with zero attached hydrogens (tertiary/aromatic N) is 3. The third-order valence-corrected chi connectivity index (χ3v) is 7.21. The molecule has 3 heterocycles. The minimum absolute atomic E-state index is 0.178. The Bertz CT molecular complexity index is 936. The van der Waals surface area contributed by atoms with Gasteiger partial charge in [0.15, 0.2) is 0 Å². The van der Waals surface area contributed by atoms with E-state index in [1.165, 1.54) is 16.2 Å². The zero-order valence-corrected chi connectivity index (χ0v) is 20.2. The number of hydrogen-bond acceptors (Lipinski definition) is 5. The van der Waals surface area contributed by atoms with Crippen LogP contribution in [0.25, 0.3) is 0 Å². The highest BCUT2D eigenvalue weighted by Gasteiger charge is 2.33. The van der Waals surface area contributed by atoms with E-state index in [0.717, 1.165) is 42.8 Å². The van der Waals surface area contributed by atoms with Gasteiger partial charge in [0.05, 0.1) is 11.3 Å². The van der Waals surface area contributed by atoms with Gasteiger partial charge in [0, 0.05) is 37.4 Å². The molecule has 1 saturated heterocycles. The lowest BCUT2D eigenvalue weighted by Gasteiger charge is -2.40. The average molecular weight is 479 g/mol. The highest BCUT2D eigenvalue weighted by atomic mass is 32.1. The van der Waals surface area contributed by atoms with Crippen molar-refractivity contribution in [2.24, 2.45) is 5.73 Å². The summed E-state index contributed by atoms with van der Waals surface area (Å²) in [5, 5.41) is 3.79. The molecule has 33 heavy (non-hydrogen) atoms. The average Bonchev–Trinajstić information content (AvgIpc) is 3.28. The molecule has 0 aliphatic carbocycles. The van der Waals surface area contributed by atoms with Crippen molar-refractivity contribution in [1.29, 1.82) is 0 Å². The van der Waals surface area contributed by atoms with Gasteiger partial charge in [0.25, 0.3) is 11.8 Å². The van der Waals surface area contributed by atoms with Crippen molar-refractivity contribution in [1.82, 2.24) is 14.8 Å². The van der Waals surface area contributed by atoms with Crippen molar-refractivity contribution in [3.63, 3.8) is 0 Å². The van der Waals surface area contributed by atoms with E-state index >= 15 is 0 Å². The molecule has 0 unspecified atom stereocenters. The second-order valence-electron chi connectivity index (χ2n) is 8.81. The van der Waals surface area contributed by atoms with Crippen molar-refractivity contribution in [2.75, 3.05) is 13.1 Å². The maximum absolute atomic E-state index is 13.2. The Balaban J connectivity index is 1.56. The molecule has 1 aliphatic heterocycles. The molecule has 2 aromatic heterocycles. The second-order valence-corrected chi connectivity index (χ2v) is 9.59. The summed E-state index contributed by atoms with van der Waals surface area (Å²) < 4.78 is 26.4. The van der Waals surface area contributed by atoms with Crippen LogP contribution in [0.15, 0.2) is 22.9 Å². The lowest BCUT2D eigenvalue weighted by Crippen LogP contribution is -2.50. The predicted octanol–water partition coefficient (Wildman–Crippen LogP) is 3.94. The second kappa shape index (κ2) is 11.2. The Morgan fingerprint density at radius 2 is 2.00 bits per heavy atom. The Labute approximate surface area is 197 Å². The Kier molecular flexibility index (Phi) is 8.53. The summed E-state index contributed by atoms with van der Waals surface area (Å²) in [4.78, 5) is 32.0. The largest absolute Gasteiger partial charge is 0.366 e. The van der Waals surface area contributed by atoms with Crippen LogP contribution in [0, 0.1) is 13.8 Å². The number of thiophene rings is 1. The van der Waals surface area contributed by atoms with Crippen molar-refractivity contribution in [3.05, 3.63) is 51.0 Å². The molecule has 2 N–H and O–H groups in total. The third-order valence-electron chi connectivity index (χ3n) is 6.48. The van der Waals surface area contributed by atoms with Gasteiger partial charge in [-0.05, 0) is 80.5 Å². The van der Waals surface area contributed by atoms with Crippen LogP contribution in [0.4, 0.5) is 8.78 Å². The number of carbonyl (C=O) groups excluding carboxylic acids is 2. The van der Waals surface area contributed by atoms with Gasteiger partial charge in [-0.25, -0.2) is 0 Å². The Morgan fingerprint density at radius 1 is 1.30 bits per heavy atom. The number of piperidine rings is 1. The van der Waals surface area contributed by atoms with E-state index in [1.54, 1.807) is 6.92 Å². The summed E-state index contributed by atoms with van der Waals surface area (Å²) in [5.41, 5.74) is 9.24. The maximum atomic E-state index is 13.2. The van der Waals surface area contributed by atoms with Crippen LogP contribution in [0.1, 0.15) is 59.1 Å². The molecule has 0 aromatic carbocycles. The number of aryl methyl sites for hydroxylation is 3. The SMILES string of the molecule is Cc1cc(CC[C@@H](C)N2CCC(N(Cc3ccsc3)C(=O)C(F)F)CC2)nc(C)c1C(N)=O. The molecule has 180 valence electrons. The molecule has 3 rings (SSSR count). The lowest BCUT2D eigenvalue weighted by atomic mass is 9.98. The number of rotatable bonds is 9. The fourth-order valence-electron chi connectivity index (χ4n) is 4.68. The summed E-state index contributed by atoms with van der Waals surface area (Å²) in [6.45, 7) is 7.58. The van der Waals surface area contributed by atoms with Gasteiger partial charge in [-0.1, -0.05) is 0 Å². The molecular weight excluding hydrogens is 446 g/mol. The lowest BCUT2D eigenvalue weighted by molar-refractivity contribution is -0.147. The van der Waals surface area contributed by atoms with Crippen LogP contribution in [0.3, 0.4) is 0 Å². The maximum Gasteiger partial charge on any atom is 0.315 e. The summed E-state index contributed by atoms with van der Waals surface area (Å²) in [5.74, 6) is -1.54. The topological polar surface area (TPSA) is 79.5 Å². The standard InChI is InChI=1S/C24H32F2N4O2S/c1-15-12-19(28-17(3)21(15)23(27)31)5-4-16(2)29-9-6-20(7-10-29)30(24(32)22(25)26)13-18-8-11-33-14-18/h8,11-12,14,16,20,22H,4-7,9-10,13H2,1-3H3,(H2,27,31)/t16-/m1/s1. The van der Waals surface area contributed by atoms with Crippen LogP contribution in [-0.4, -0.2) is 58.2 Å². The van der Waals surface area contributed by atoms with Gasteiger partial charge in [-0.3, -0.25) is 14.6 Å². The normalized spacial score (nSPS) is 16.2. The number of likely N-dealkylation sites (tertiary alicyclic amines) is 1. The first-order valence-electron chi connectivity index (χ1n) is 11.3. The van der Waals surface area contributed by atoms with Gasteiger partial charge in [0.1, 0.15) is 0 Å². The van der Waals surface area contributed by atoms with Crippen molar-refractivity contribution < 1.29 is 18.4 Å². The van der Waals surface area contributed by atoms with E-state index in [1.807, 2.05) is 29.8 Å². The summed E-state index contributed by atoms with van der Waals surface area (Å²) >= 11 is 1.50. The number of aromatic nitrogens is 1. The molecule has 2 amide bonds. The number of alkyl halides is 2. The molecule has 0 spiro atoms. The van der Waals surface area contributed by atoms with Crippen LogP contribution >= 0.6 is 11.3 Å². The fourth-order valence-corrected chi connectivity index (χ4v) is 5.34. The molecule has 2 aromatic rings. The number of hydrogen-bond donors (Lipinski definition) is 1. The van der Waals surface area contributed by atoms with Gasteiger partial charge < -0.3 is 15.5 Å². The van der Waals surface area contributed by atoms with E-state index in [9.17, 15) is 18.4 Å². The minimum Gasteiger partial charge on any atom is -0.366 e. The van der Waals surface area contributed by atoms with Crippen molar-refractivity contribution in [2.45, 2.75) is 71.5 Å². The zero-order valence-electron chi connectivity index (χ0n) is 19.4. The quantitative estimate of drug-likeness (QED) is 0.592. The summed E-state index contributed by atoms with van der Waals surface area (Å²) in [6, 6.07) is 3.91. The van der Waals surface area contributed by atoms with Crippen LogP contribution in [-0.2, 0) is 17.8 Å². The molecule has 1 fully saturated rings. The molecule has 9 heteroatoms. The first-order chi connectivity index (χ1) is 15.7. The first kappa shape index (κ1) is 25.2. The molecule has 0 bridgehead atoms. The Morgan fingerprint density at radius 3 is 2.55 bits per heavy atom. The van der Waals surface area contributed by atoms with Gasteiger partial charge in [-0.2, -0.15) is 20.1 Å². The zero-order chi connectivity index (χ0) is 24.1. The minimum atomic E-state index is -2.99. The first-order valence-corrected chi connectivity index (χ1v) is 12.2. The van der Waals surface area contributed by atoms with Gasteiger partial charge >= 0.3 is 6.43 Å². The van der Waals surface area contributed by atoms with Gasteiger partial charge in [0.2, 0.25) is 0 Å². The molecule has 1 aliphatic rings. The summed E-state index contributed by atoms with van der Waals surface area (Å²) in [6.07, 6.45) is 0.0331. The number of primary amides is 1. The number of nitrogens with two attached hydrogens (primary N) is 1. The molecule has 6 nitrogen and oxygen atoms in total. The number of amides is 2. The molecule has 0 radical (unpaired) electrons. The van der Waals surface area contributed by atoms with Crippen LogP contribution < -0.4 is 5.73 Å². The fraction of sp³-hybridized carbons (Fsp3) is 0.542. The Hall–Kier alpha value is -2.39. The van der Waals surface area contributed by atoms with E-state index in [0.29, 0.717) is 30.1 Å². The molecule has 0 saturated carbocycles. The van der Waals surface area contributed by atoms with Gasteiger partial charge in [-0.15, -0.1) is 0 Å². The van der Waals surface area contributed by atoms with Crippen molar-refractivity contribution in [3.8, 4) is 0 Å². The van der Waals surface area contributed by atoms with Crippen molar-refractivity contribution >= 4 is 23.2 Å². The highest BCUT2D eigenvalue weighted by Crippen LogP contribution is 2.24. The van der Waals surface area contributed by atoms with E-state index in [-0.39, 0.29) is 12.6 Å². The third kappa shape index (κ3) is 6.35. The highest BCUT2D eigenvalue weighted by molar-refractivity contribution is 7.07. The van der Waals surface area contributed by atoms with E-state index in [2.05, 4.69) is 16.8 Å². The smallest absolute Gasteiger partial charge is 0.315 e. The number of halogens is 2. The predicted molar refractivity (Wildman–Crippen MR) is 125 cm³/mol.